The summed E-state index contributed by atoms with van der Waals surface area (Å²) in [4.78, 5) is 39.5. The van der Waals surface area contributed by atoms with Crippen molar-refractivity contribution in [2.24, 2.45) is 0 Å². The Morgan fingerprint density at radius 1 is 0.821 bits per heavy atom. The quantitative estimate of drug-likeness (QED) is 0.614. The number of amides is 2. The summed E-state index contributed by atoms with van der Waals surface area (Å²) in [6.07, 6.45) is 0. The van der Waals surface area contributed by atoms with E-state index in [0.29, 0.717) is 10.7 Å². The molecule has 0 saturated heterocycles. The summed E-state index contributed by atoms with van der Waals surface area (Å²) in [5.41, 5.74) is 0.708. The molecule has 0 aliphatic carbocycles. The molecule has 0 atom stereocenters. The third-order valence-electron chi connectivity index (χ3n) is 4.28. The van der Waals surface area contributed by atoms with Gasteiger partial charge in [0.1, 0.15) is 0 Å². The van der Waals surface area contributed by atoms with Gasteiger partial charge < -0.3 is 5.11 Å². The van der Waals surface area contributed by atoms with Crippen molar-refractivity contribution in [1.29, 1.82) is 0 Å². The van der Waals surface area contributed by atoms with E-state index in [1.54, 1.807) is 12.1 Å². The van der Waals surface area contributed by atoms with Crippen LogP contribution in [-0.2, 0) is 0 Å². The largest absolute Gasteiger partial charge is 0.478 e. The van der Waals surface area contributed by atoms with Crippen LogP contribution in [0.15, 0.2) is 76.5 Å². The van der Waals surface area contributed by atoms with E-state index in [2.05, 4.69) is 0 Å². The molecule has 0 saturated carbocycles. The lowest BCUT2D eigenvalue weighted by Gasteiger charge is -2.14. The molecule has 7 heteroatoms. The van der Waals surface area contributed by atoms with Crippen LogP contribution in [-0.4, -0.2) is 22.9 Å². The maximum Gasteiger partial charge on any atom is 0.335 e. The molecular weight excluding hydrogens is 398 g/mol. The number of carboxylic acids is 1. The van der Waals surface area contributed by atoms with Crippen molar-refractivity contribution in [2.45, 2.75) is 9.79 Å². The van der Waals surface area contributed by atoms with Gasteiger partial charge in [-0.25, -0.2) is 9.69 Å². The number of benzene rings is 3. The van der Waals surface area contributed by atoms with E-state index < -0.39 is 17.8 Å². The molecule has 138 valence electrons. The first-order chi connectivity index (χ1) is 13.4. The van der Waals surface area contributed by atoms with Gasteiger partial charge in [-0.2, -0.15) is 0 Å². The predicted molar refractivity (Wildman–Crippen MR) is 107 cm³/mol. The molecule has 0 aromatic heterocycles. The molecule has 1 N–H and O–H groups in total. The molecule has 2 amide bonds. The van der Waals surface area contributed by atoms with Crippen LogP contribution < -0.4 is 4.90 Å². The van der Waals surface area contributed by atoms with Crippen LogP contribution in [0.2, 0.25) is 5.02 Å². The molecule has 0 radical (unpaired) electrons. The lowest BCUT2D eigenvalue weighted by Crippen LogP contribution is -2.29. The Labute approximate surface area is 169 Å². The summed E-state index contributed by atoms with van der Waals surface area (Å²) >= 11 is 7.42. The van der Waals surface area contributed by atoms with E-state index in [4.69, 9.17) is 16.7 Å². The summed E-state index contributed by atoms with van der Waals surface area (Å²) in [7, 11) is 0. The molecule has 0 fully saturated rings. The van der Waals surface area contributed by atoms with Gasteiger partial charge in [0.05, 0.1) is 22.4 Å². The highest BCUT2D eigenvalue weighted by atomic mass is 35.5. The number of hydrogen-bond donors (Lipinski definition) is 1. The van der Waals surface area contributed by atoms with Crippen LogP contribution in [0, 0.1) is 0 Å². The molecule has 1 heterocycles. The van der Waals surface area contributed by atoms with Crippen LogP contribution in [0.5, 0.6) is 0 Å². The molecule has 3 aromatic carbocycles. The first-order valence-electron chi connectivity index (χ1n) is 8.23. The second-order valence-corrected chi connectivity index (χ2v) is 7.64. The van der Waals surface area contributed by atoms with Gasteiger partial charge >= 0.3 is 5.97 Å². The fourth-order valence-corrected chi connectivity index (χ4v) is 3.85. The summed E-state index contributed by atoms with van der Waals surface area (Å²) in [5, 5.41) is 9.76. The SMILES string of the molecule is O=C(O)c1ccc2c(c1)C(=O)N(c1ccc(Sc3ccc(Cl)cc3)cc1)C2=O. The number of carbonyl (C=O) groups is 3. The molecule has 0 unspecified atom stereocenters. The number of hydrogen-bond acceptors (Lipinski definition) is 4. The molecule has 0 bridgehead atoms. The van der Waals surface area contributed by atoms with Crippen molar-refractivity contribution < 1.29 is 19.5 Å². The van der Waals surface area contributed by atoms with E-state index >= 15 is 0 Å². The Morgan fingerprint density at radius 3 is 2.00 bits per heavy atom. The van der Waals surface area contributed by atoms with Gasteiger partial charge in [0.25, 0.3) is 11.8 Å². The average Bonchev–Trinajstić information content (AvgIpc) is 2.94. The number of aromatic carboxylic acids is 1. The highest BCUT2D eigenvalue weighted by Gasteiger charge is 2.37. The van der Waals surface area contributed by atoms with Crippen molar-refractivity contribution in [3.63, 3.8) is 0 Å². The van der Waals surface area contributed by atoms with Gasteiger partial charge in [-0.05, 0) is 66.7 Å². The first kappa shape index (κ1) is 18.3. The Bertz CT molecular complexity index is 1110. The minimum absolute atomic E-state index is 0.0311. The van der Waals surface area contributed by atoms with Crippen LogP contribution in [0.3, 0.4) is 0 Å². The molecule has 0 spiro atoms. The maximum atomic E-state index is 12.7. The lowest BCUT2D eigenvalue weighted by atomic mass is 10.1. The third kappa shape index (κ3) is 3.28. The van der Waals surface area contributed by atoms with E-state index in [0.717, 1.165) is 14.7 Å². The van der Waals surface area contributed by atoms with Crippen LogP contribution in [0.25, 0.3) is 0 Å². The van der Waals surface area contributed by atoms with Gasteiger partial charge in [0.2, 0.25) is 0 Å². The van der Waals surface area contributed by atoms with Crippen molar-refractivity contribution in [3.05, 3.63) is 88.4 Å². The zero-order chi connectivity index (χ0) is 19.8. The lowest BCUT2D eigenvalue weighted by molar-refractivity contribution is 0.0696. The number of carboxylic acid groups (broad SMARTS) is 1. The second kappa shape index (κ2) is 7.14. The molecule has 4 rings (SSSR count). The Balaban J connectivity index is 1.59. The first-order valence-corrected chi connectivity index (χ1v) is 9.43. The van der Waals surface area contributed by atoms with Gasteiger partial charge in [-0.3, -0.25) is 9.59 Å². The molecular formula is C21H12ClNO4S. The van der Waals surface area contributed by atoms with Crippen LogP contribution in [0.1, 0.15) is 31.1 Å². The van der Waals surface area contributed by atoms with Gasteiger partial charge in [-0.1, -0.05) is 23.4 Å². The topological polar surface area (TPSA) is 74.7 Å². The molecule has 1 aliphatic heterocycles. The standard InChI is InChI=1S/C21H12ClNO4S/c22-13-2-6-15(7-3-13)28-16-8-4-14(5-9-16)23-19(24)17-10-1-12(21(26)27)11-18(17)20(23)25/h1-11H,(H,26,27). The van der Waals surface area contributed by atoms with E-state index in [-0.39, 0.29) is 16.7 Å². The van der Waals surface area contributed by atoms with Gasteiger partial charge in [-0.15, -0.1) is 0 Å². The zero-order valence-corrected chi connectivity index (χ0v) is 15.8. The van der Waals surface area contributed by atoms with Crippen molar-refractivity contribution >= 4 is 46.8 Å². The minimum Gasteiger partial charge on any atom is -0.478 e. The average molecular weight is 410 g/mol. The monoisotopic (exact) mass is 409 g/mol. The molecule has 3 aromatic rings. The summed E-state index contributed by atoms with van der Waals surface area (Å²) in [5.74, 6) is -2.14. The maximum absolute atomic E-state index is 12.7. The van der Waals surface area contributed by atoms with Gasteiger partial charge in [0.15, 0.2) is 0 Å². The number of imide groups is 1. The second-order valence-electron chi connectivity index (χ2n) is 6.06. The normalized spacial score (nSPS) is 13.0. The fraction of sp³-hybridized carbons (Fsp3) is 0. The number of rotatable bonds is 4. The van der Waals surface area contributed by atoms with Crippen molar-refractivity contribution in [1.82, 2.24) is 0 Å². The smallest absolute Gasteiger partial charge is 0.335 e. The predicted octanol–water partition coefficient (Wildman–Crippen LogP) is 4.99. The number of carbonyl (C=O) groups excluding carboxylic acids is 2. The zero-order valence-electron chi connectivity index (χ0n) is 14.3. The van der Waals surface area contributed by atoms with Gasteiger partial charge in [0, 0.05) is 14.8 Å². The Kier molecular flexibility index (Phi) is 4.66. The van der Waals surface area contributed by atoms with Crippen molar-refractivity contribution in [3.8, 4) is 0 Å². The molecule has 1 aliphatic rings. The Hall–Kier alpha value is -3.09. The Morgan fingerprint density at radius 2 is 1.39 bits per heavy atom. The van der Waals surface area contributed by atoms with Crippen LogP contribution >= 0.6 is 23.4 Å². The highest BCUT2D eigenvalue weighted by molar-refractivity contribution is 7.99. The number of nitrogens with zero attached hydrogens (tertiary/aromatic N) is 1. The summed E-state index contributed by atoms with van der Waals surface area (Å²) in [6.45, 7) is 0. The van der Waals surface area contributed by atoms with E-state index in [1.165, 1.54) is 30.0 Å². The molecule has 28 heavy (non-hydrogen) atoms. The number of anilines is 1. The van der Waals surface area contributed by atoms with Crippen molar-refractivity contribution in [2.75, 3.05) is 4.90 Å². The summed E-state index contributed by atoms with van der Waals surface area (Å²) in [6, 6.07) is 18.4. The van der Waals surface area contributed by atoms with E-state index in [9.17, 15) is 14.4 Å². The number of fused-ring (bicyclic) bond motifs is 1. The third-order valence-corrected chi connectivity index (χ3v) is 5.55. The summed E-state index contributed by atoms with van der Waals surface area (Å²) < 4.78 is 0. The fourth-order valence-electron chi connectivity index (χ4n) is 2.91. The van der Waals surface area contributed by atoms with Crippen LogP contribution in [0.4, 0.5) is 5.69 Å². The highest BCUT2D eigenvalue weighted by Crippen LogP contribution is 2.33. The number of halogens is 1. The molecule has 5 nitrogen and oxygen atoms in total. The minimum atomic E-state index is -1.15. The van der Waals surface area contributed by atoms with E-state index in [1.807, 2.05) is 36.4 Å².